The summed E-state index contributed by atoms with van der Waals surface area (Å²) in [6.45, 7) is 4.44. The van der Waals surface area contributed by atoms with Crippen molar-refractivity contribution in [3.05, 3.63) is 0 Å². The van der Waals surface area contributed by atoms with E-state index in [1.807, 2.05) is 0 Å². The Morgan fingerprint density at radius 3 is 2.24 bits per heavy atom. The van der Waals surface area contributed by atoms with Gasteiger partial charge >= 0.3 is 5.97 Å². The molecule has 0 aromatic heterocycles. The third-order valence-corrected chi connectivity index (χ3v) is 6.33. The first-order chi connectivity index (χ1) is 10.0. The average Bonchev–Trinajstić information content (AvgIpc) is 2.40. The monoisotopic (exact) mass is 293 g/mol. The lowest BCUT2D eigenvalue weighted by Gasteiger charge is -2.57. The number of carbonyl (C=O) groups is 1. The number of hydrogen-bond donors (Lipinski definition) is 2. The zero-order valence-corrected chi connectivity index (χ0v) is 13.4. The van der Waals surface area contributed by atoms with Gasteiger partial charge in [0.05, 0.1) is 0 Å². The molecular weight excluding hydrogens is 262 g/mol. The summed E-state index contributed by atoms with van der Waals surface area (Å²) in [5.41, 5.74) is 0.624. The minimum Gasteiger partial charge on any atom is -0.481 e. The molecule has 4 fully saturated rings. The van der Waals surface area contributed by atoms with E-state index in [1.165, 1.54) is 45.1 Å². The quantitative estimate of drug-likeness (QED) is 0.671. The van der Waals surface area contributed by atoms with Gasteiger partial charge in [0.25, 0.3) is 0 Å². The maximum Gasteiger partial charge on any atom is 0.303 e. The molecule has 4 bridgehead atoms. The van der Waals surface area contributed by atoms with E-state index in [0.29, 0.717) is 17.8 Å². The molecule has 0 aromatic carbocycles. The molecule has 3 heteroatoms. The van der Waals surface area contributed by atoms with Crippen LogP contribution in [0.2, 0.25) is 0 Å². The Morgan fingerprint density at radius 1 is 1.14 bits per heavy atom. The summed E-state index contributed by atoms with van der Waals surface area (Å²) in [6.07, 6.45) is 11.2. The zero-order valence-electron chi connectivity index (χ0n) is 13.4. The summed E-state index contributed by atoms with van der Waals surface area (Å²) in [5, 5.41) is 12.4. The highest BCUT2D eigenvalue weighted by Crippen LogP contribution is 2.59. The number of nitrogens with one attached hydrogen (secondary N) is 1. The van der Waals surface area contributed by atoms with Crippen LogP contribution < -0.4 is 5.32 Å². The lowest BCUT2D eigenvalue weighted by molar-refractivity contribution is -0.137. The van der Waals surface area contributed by atoms with E-state index in [2.05, 4.69) is 12.2 Å². The molecule has 2 N–H and O–H groups in total. The predicted octanol–water partition coefficient (Wildman–Crippen LogP) is 3.68. The van der Waals surface area contributed by atoms with Crippen LogP contribution in [-0.2, 0) is 4.79 Å². The summed E-state index contributed by atoms with van der Waals surface area (Å²) in [4.78, 5) is 10.6. The van der Waals surface area contributed by atoms with Gasteiger partial charge in [0.15, 0.2) is 0 Å². The van der Waals surface area contributed by atoms with Crippen LogP contribution in [0.5, 0.6) is 0 Å². The van der Waals surface area contributed by atoms with Crippen molar-refractivity contribution in [3.63, 3.8) is 0 Å². The molecule has 21 heavy (non-hydrogen) atoms. The molecule has 120 valence electrons. The smallest absolute Gasteiger partial charge is 0.303 e. The average molecular weight is 293 g/mol. The fraction of sp³-hybridized carbons (Fsp3) is 0.944. The zero-order chi connectivity index (χ0) is 14.9. The van der Waals surface area contributed by atoms with E-state index in [9.17, 15) is 4.79 Å². The summed E-state index contributed by atoms with van der Waals surface area (Å²) < 4.78 is 0. The number of carboxylic acid groups (broad SMARTS) is 1. The van der Waals surface area contributed by atoms with Gasteiger partial charge in [-0.05, 0) is 87.0 Å². The molecule has 0 radical (unpaired) electrons. The molecule has 0 heterocycles. The Morgan fingerprint density at radius 2 is 1.71 bits per heavy atom. The first-order valence-corrected chi connectivity index (χ1v) is 8.97. The van der Waals surface area contributed by atoms with E-state index >= 15 is 0 Å². The van der Waals surface area contributed by atoms with E-state index in [1.54, 1.807) is 0 Å². The molecule has 4 aliphatic carbocycles. The molecule has 0 amide bonds. The van der Waals surface area contributed by atoms with Crippen LogP contribution in [0.1, 0.15) is 64.7 Å². The van der Waals surface area contributed by atoms with Gasteiger partial charge in [-0.1, -0.05) is 6.92 Å². The predicted molar refractivity (Wildman–Crippen MR) is 84.1 cm³/mol. The lowest BCUT2D eigenvalue weighted by atomic mass is 9.49. The summed E-state index contributed by atoms with van der Waals surface area (Å²) in [5.74, 6) is 2.96. The second kappa shape index (κ2) is 6.28. The van der Waals surface area contributed by atoms with Gasteiger partial charge in [0.1, 0.15) is 0 Å². The van der Waals surface area contributed by atoms with Gasteiger partial charge in [-0.25, -0.2) is 0 Å². The highest BCUT2D eigenvalue weighted by atomic mass is 16.4. The fourth-order valence-electron chi connectivity index (χ4n) is 5.72. The Labute approximate surface area is 128 Å². The second-order valence-electron chi connectivity index (χ2n) is 8.42. The minimum absolute atomic E-state index is 0.316. The van der Waals surface area contributed by atoms with Crippen LogP contribution in [0.15, 0.2) is 0 Å². The van der Waals surface area contributed by atoms with E-state index < -0.39 is 5.97 Å². The molecular formula is C18H31NO2. The van der Waals surface area contributed by atoms with Crippen molar-refractivity contribution in [2.75, 3.05) is 13.1 Å². The van der Waals surface area contributed by atoms with Crippen molar-refractivity contribution >= 4 is 5.97 Å². The van der Waals surface area contributed by atoms with Gasteiger partial charge in [-0.3, -0.25) is 4.79 Å². The molecule has 4 aliphatic rings. The van der Waals surface area contributed by atoms with Crippen LogP contribution >= 0.6 is 0 Å². The first kappa shape index (κ1) is 15.3. The highest BCUT2D eigenvalue weighted by molar-refractivity contribution is 5.66. The van der Waals surface area contributed by atoms with Gasteiger partial charge in [0.2, 0.25) is 0 Å². The van der Waals surface area contributed by atoms with Crippen molar-refractivity contribution in [1.82, 2.24) is 5.32 Å². The molecule has 0 saturated heterocycles. The second-order valence-corrected chi connectivity index (χ2v) is 8.42. The summed E-state index contributed by atoms with van der Waals surface area (Å²) in [6, 6.07) is 0. The largest absolute Gasteiger partial charge is 0.481 e. The Balaban J connectivity index is 1.37. The number of carboxylic acids is 1. The molecule has 1 unspecified atom stereocenters. The third kappa shape index (κ3) is 3.80. The Kier molecular flexibility index (Phi) is 4.58. The molecule has 0 aliphatic heterocycles. The Bertz CT molecular complexity index is 344. The van der Waals surface area contributed by atoms with Crippen molar-refractivity contribution in [3.8, 4) is 0 Å². The van der Waals surface area contributed by atoms with Gasteiger partial charge in [0, 0.05) is 13.0 Å². The molecule has 0 aromatic rings. The highest BCUT2D eigenvalue weighted by Gasteiger charge is 2.50. The molecule has 4 rings (SSSR count). The Hall–Kier alpha value is -0.570. The van der Waals surface area contributed by atoms with Crippen LogP contribution in [-0.4, -0.2) is 24.2 Å². The van der Waals surface area contributed by atoms with Crippen molar-refractivity contribution in [1.29, 1.82) is 0 Å². The van der Waals surface area contributed by atoms with Gasteiger partial charge < -0.3 is 10.4 Å². The van der Waals surface area contributed by atoms with E-state index in [-0.39, 0.29) is 0 Å². The SMILES string of the molecule is CC(CCNCC12CC3CC(CC(C3)C1)C2)CCC(=O)O. The number of hydrogen-bond acceptors (Lipinski definition) is 2. The lowest BCUT2D eigenvalue weighted by Crippen LogP contribution is -2.50. The minimum atomic E-state index is -0.664. The number of aliphatic carboxylic acids is 1. The molecule has 1 atom stereocenters. The van der Waals surface area contributed by atoms with Crippen molar-refractivity contribution in [2.45, 2.75) is 64.7 Å². The van der Waals surface area contributed by atoms with Crippen LogP contribution in [0.4, 0.5) is 0 Å². The number of rotatable bonds is 8. The van der Waals surface area contributed by atoms with Crippen LogP contribution in [0.3, 0.4) is 0 Å². The molecule has 0 spiro atoms. The summed E-state index contributed by atoms with van der Waals surface area (Å²) in [7, 11) is 0. The first-order valence-electron chi connectivity index (χ1n) is 8.97. The normalized spacial score (nSPS) is 38.6. The van der Waals surface area contributed by atoms with Gasteiger partial charge in [-0.15, -0.1) is 0 Å². The summed E-state index contributed by atoms with van der Waals surface area (Å²) >= 11 is 0. The fourth-order valence-corrected chi connectivity index (χ4v) is 5.72. The maximum atomic E-state index is 10.6. The molecule has 3 nitrogen and oxygen atoms in total. The maximum absolute atomic E-state index is 10.6. The van der Waals surface area contributed by atoms with Crippen LogP contribution in [0.25, 0.3) is 0 Å². The van der Waals surface area contributed by atoms with Crippen molar-refractivity contribution < 1.29 is 9.90 Å². The van der Waals surface area contributed by atoms with E-state index in [0.717, 1.165) is 37.1 Å². The van der Waals surface area contributed by atoms with E-state index in [4.69, 9.17) is 5.11 Å². The van der Waals surface area contributed by atoms with Gasteiger partial charge in [-0.2, -0.15) is 0 Å². The van der Waals surface area contributed by atoms with Crippen molar-refractivity contribution in [2.24, 2.45) is 29.1 Å². The molecule has 4 saturated carbocycles. The topological polar surface area (TPSA) is 49.3 Å². The van der Waals surface area contributed by atoms with Crippen LogP contribution in [0, 0.1) is 29.1 Å². The third-order valence-electron chi connectivity index (χ3n) is 6.33. The standard InChI is InChI=1S/C18H31NO2/c1-13(2-3-17(20)21)4-5-19-12-18-9-14-6-15(10-18)8-16(7-14)11-18/h13-16,19H,2-12H2,1H3,(H,20,21).